The predicted octanol–water partition coefficient (Wildman–Crippen LogP) is 6.78. The van der Waals surface area contributed by atoms with Crippen LogP contribution in [0.25, 0.3) is 0 Å². The quantitative estimate of drug-likeness (QED) is 0.219. The highest BCUT2D eigenvalue weighted by molar-refractivity contribution is 9.09. The minimum absolute atomic E-state index is 0.0641. The third-order valence-corrected chi connectivity index (χ3v) is 5.68. The summed E-state index contributed by atoms with van der Waals surface area (Å²) in [7, 11) is 0. The van der Waals surface area contributed by atoms with Gasteiger partial charge in [-0.1, -0.05) is 77.3 Å². The van der Waals surface area contributed by atoms with E-state index in [9.17, 15) is 10.2 Å². The number of aryl methyl sites for hydroxylation is 1. The van der Waals surface area contributed by atoms with E-state index >= 15 is 0 Å². The Morgan fingerprint density at radius 1 is 0.571 bits per heavy atom. The molecule has 0 bridgehead atoms. The van der Waals surface area contributed by atoms with E-state index in [4.69, 9.17) is 0 Å². The van der Waals surface area contributed by atoms with Crippen LogP contribution in [-0.4, -0.2) is 15.5 Å². The zero-order chi connectivity index (χ0) is 19.8. The highest BCUT2D eigenvalue weighted by Crippen LogP contribution is 2.33. The summed E-state index contributed by atoms with van der Waals surface area (Å²) in [5.74, 6) is 0.598. The van der Waals surface area contributed by atoms with Crippen LogP contribution < -0.4 is 0 Å². The van der Waals surface area contributed by atoms with Gasteiger partial charge in [-0.15, -0.1) is 0 Å². The van der Waals surface area contributed by atoms with Crippen molar-refractivity contribution in [2.45, 2.75) is 38.0 Å². The van der Waals surface area contributed by atoms with Gasteiger partial charge in [0.25, 0.3) is 0 Å². The number of halogens is 1. The van der Waals surface area contributed by atoms with Gasteiger partial charge in [-0.2, -0.15) is 0 Å². The lowest BCUT2D eigenvalue weighted by Gasteiger charge is -2.19. The van der Waals surface area contributed by atoms with E-state index in [0.717, 1.165) is 22.9 Å². The average Bonchev–Trinajstić information content (AvgIpc) is 2.72. The summed E-state index contributed by atoms with van der Waals surface area (Å²) in [4.78, 5) is 0. The summed E-state index contributed by atoms with van der Waals surface area (Å²) >= 11 is 3.49. The van der Waals surface area contributed by atoms with Gasteiger partial charge >= 0.3 is 0 Å². The molecular formula is C25H27BrO2. The van der Waals surface area contributed by atoms with Gasteiger partial charge in [-0.3, -0.25) is 0 Å². The summed E-state index contributed by atoms with van der Waals surface area (Å²) in [5.41, 5.74) is 4.81. The Morgan fingerprint density at radius 2 is 1.00 bits per heavy atom. The lowest BCUT2D eigenvalue weighted by molar-refractivity contribution is 0.475. The van der Waals surface area contributed by atoms with Crippen molar-refractivity contribution in [2.24, 2.45) is 0 Å². The molecule has 0 saturated carbocycles. The molecule has 0 spiro atoms. The van der Waals surface area contributed by atoms with Crippen molar-refractivity contribution in [3.8, 4) is 11.5 Å². The molecule has 3 aromatic rings. The molecule has 3 aromatic carbocycles. The molecule has 0 amide bonds. The maximum absolute atomic E-state index is 9.65. The molecule has 3 heteroatoms. The van der Waals surface area contributed by atoms with Crippen molar-refractivity contribution in [1.82, 2.24) is 0 Å². The Hall–Kier alpha value is -2.26. The molecule has 0 radical (unpaired) electrons. The molecule has 2 nitrogen and oxygen atoms in total. The second-order valence-corrected chi connectivity index (χ2v) is 8.00. The van der Waals surface area contributed by atoms with Crippen LogP contribution in [0.15, 0.2) is 72.8 Å². The fourth-order valence-electron chi connectivity index (χ4n) is 3.56. The molecule has 0 saturated heterocycles. The fourth-order valence-corrected chi connectivity index (χ4v) is 3.96. The minimum atomic E-state index is 0.0641. The number of hydrogen-bond acceptors (Lipinski definition) is 2. The number of alkyl halides is 1. The van der Waals surface area contributed by atoms with Crippen molar-refractivity contribution in [3.63, 3.8) is 0 Å². The van der Waals surface area contributed by atoms with Crippen LogP contribution in [0.3, 0.4) is 0 Å². The van der Waals surface area contributed by atoms with Gasteiger partial charge in [0.2, 0.25) is 0 Å². The standard InChI is InChI=1S/C25H27BrO2/c26-18-4-2-1-3-5-19-6-8-20(9-7-19)25(21-10-14-23(27)15-11-21)22-12-16-24(28)17-13-22/h6-17,25,27-28H,1-5,18H2. The molecule has 0 aromatic heterocycles. The first-order chi connectivity index (χ1) is 13.7. The van der Waals surface area contributed by atoms with Crippen LogP contribution >= 0.6 is 15.9 Å². The first-order valence-corrected chi connectivity index (χ1v) is 11.0. The van der Waals surface area contributed by atoms with E-state index in [0.29, 0.717) is 0 Å². The lowest BCUT2D eigenvalue weighted by atomic mass is 9.84. The fraction of sp³-hybridized carbons (Fsp3) is 0.280. The molecule has 0 atom stereocenters. The van der Waals surface area contributed by atoms with Crippen molar-refractivity contribution < 1.29 is 10.2 Å². The zero-order valence-electron chi connectivity index (χ0n) is 16.0. The number of aromatic hydroxyl groups is 2. The van der Waals surface area contributed by atoms with Crippen molar-refractivity contribution in [3.05, 3.63) is 95.1 Å². The summed E-state index contributed by atoms with van der Waals surface area (Å²) in [6.07, 6.45) is 6.15. The van der Waals surface area contributed by atoms with Gasteiger partial charge in [0.05, 0.1) is 0 Å². The predicted molar refractivity (Wildman–Crippen MR) is 120 cm³/mol. The zero-order valence-corrected chi connectivity index (χ0v) is 17.6. The lowest BCUT2D eigenvalue weighted by Crippen LogP contribution is -2.03. The Balaban J connectivity index is 1.80. The summed E-state index contributed by atoms with van der Waals surface area (Å²) in [6, 6.07) is 23.6. The van der Waals surface area contributed by atoms with Gasteiger partial charge < -0.3 is 10.2 Å². The van der Waals surface area contributed by atoms with Gasteiger partial charge in [0.15, 0.2) is 0 Å². The highest BCUT2D eigenvalue weighted by Gasteiger charge is 2.17. The summed E-state index contributed by atoms with van der Waals surface area (Å²) < 4.78 is 0. The highest BCUT2D eigenvalue weighted by atomic mass is 79.9. The number of hydrogen-bond donors (Lipinski definition) is 2. The minimum Gasteiger partial charge on any atom is -0.508 e. The van der Waals surface area contributed by atoms with Gasteiger partial charge in [0.1, 0.15) is 11.5 Å². The Bertz CT molecular complexity index is 794. The second kappa shape index (κ2) is 10.3. The molecule has 28 heavy (non-hydrogen) atoms. The van der Waals surface area contributed by atoms with E-state index in [1.54, 1.807) is 24.3 Å². The summed E-state index contributed by atoms with van der Waals surface area (Å²) in [6.45, 7) is 0. The van der Waals surface area contributed by atoms with Gasteiger partial charge in [-0.25, -0.2) is 0 Å². The van der Waals surface area contributed by atoms with Crippen molar-refractivity contribution in [2.75, 3.05) is 5.33 Å². The smallest absolute Gasteiger partial charge is 0.115 e. The average molecular weight is 439 g/mol. The Labute approximate surface area is 176 Å². The number of phenolic OH excluding ortho intramolecular Hbond substituents is 2. The van der Waals surface area contributed by atoms with Crippen LogP contribution in [0, 0.1) is 0 Å². The van der Waals surface area contributed by atoms with E-state index < -0.39 is 0 Å². The number of rotatable bonds is 9. The van der Waals surface area contributed by atoms with E-state index in [-0.39, 0.29) is 17.4 Å². The van der Waals surface area contributed by atoms with Crippen molar-refractivity contribution >= 4 is 15.9 Å². The Kier molecular flexibility index (Phi) is 7.55. The second-order valence-electron chi connectivity index (χ2n) is 7.21. The summed E-state index contributed by atoms with van der Waals surface area (Å²) in [5, 5.41) is 20.4. The largest absolute Gasteiger partial charge is 0.508 e. The topological polar surface area (TPSA) is 40.5 Å². The Morgan fingerprint density at radius 3 is 1.46 bits per heavy atom. The van der Waals surface area contributed by atoms with Crippen LogP contribution in [0.1, 0.15) is 53.9 Å². The molecule has 2 N–H and O–H groups in total. The first kappa shape index (κ1) is 20.5. The number of unbranched alkanes of at least 4 members (excludes halogenated alkanes) is 3. The SMILES string of the molecule is Oc1ccc(C(c2ccc(O)cc2)c2ccc(CCCCCCBr)cc2)cc1. The third kappa shape index (κ3) is 5.62. The molecular weight excluding hydrogens is 412 g/mol. The van der Waals surface area contributed by atoms with E-state index in [1.165, 1.54) is 36.8 Å². The monoisotopic (exact) mass is 438 g/mol. The molecule has 0 fully saturated rings. The van der Waals surface area contributed by atoms with Gasteiger partial charge in [-0.05, 0) is 65.8 Å². The molecule has 0 aliphatic carbocycles. The molecule has 3 rings (SSSR count). The van der Waals surface area contributed by atoms with E-state index in [1.807, 2.05) is 24.3 Å². The van der Waals surface area contributed by atoms with Crippen LogP contribution in [0.5, 0.6) is 11.5 Å². The van der Waals surface area contributed by atoms with Crippen molar-refractivity contribution in [1.29, 1.82) is 0 Å². The first-order valence-electron chi connectivity index (χ1n) is 9.90. The van der Waals surface area contributed by atoms with Crippen LogP contribution in [-0.2, 0) is 6.42 Å². The third-order valence-electron chi connectivity index (χ3n) is 5.11. The maximum atomic E-state index is 9.65. The molecule has 0 aliphatic heterocycles. The van der Waals surface area contributed by atoms with Crippen LogP contribution in [0.4, 0.5) is 0 Å². The molecule has 0 heterocycles. The van der Waals surface area contributed by atoms with E-state index in [2.05, 4.69) is 40.2 Å². The molecule has 0 unspecified atom stereocenters. The molecule has 146 valence electrons. The normalized spacial score (nSPS) is 11.1. The number of phenols is 2. The maximum Gasteiger partial charge on any atom is 0.115 e. The molecule has 0 aliphatic rings. The van der Waals surface area contributed by atoms with Crippen LogP contribution in [0.2, 0.25) is 0 Å². The van der Waals surface area contributed by atoms with Gasteiger partial charge in [0, 0.05) is 11.2 Å². The number of benzene rings is 3.